The zero-order chi connectivity index (χ0) is 21.7. The Balaban J connectivity index is 5.94. The van der Waals surface area contributed by atoms with Crippen LogP contribution in [0.25, 0.3) is 0 Å². The van der Waals surface area contributed by atoms with Crippen molar-refractivity contribution in [3.05, 3.63) is 11.6 Å². The minimum absolute atomic E-state index is 0.208. The standard InChI is InChI=1S/C17H23F9Si/c1-5-6-7-8-9-13(10-11-27(2,3)4)12-14(18,19)15(20,21)16(22,23)17(24,25)26/h12H,5-9H2,1-4H3/b13-12-. The van der Waals surface area contributed by atoms with Crippen molar-refractivity contribution in [2.75, 3.05) is 0 Å². The molecule has 0 nitrogen and oxygen atoms in total. The minimum atomic E-state index is -6.89. The van der Waals surface area contributed by atoms with Crippen LogP contribution in [0.4, 0.5) is 39.5 Å². The molecule has 158 valence electrons. The maximum absolute atomic E-state index is 13.8. The third-order valence-corrected chi connectivity index (χ3v) is 4.30. The summed E-state index contributed by atoms with van der Waals surface area (Å²) in [6, 6.07) is 0. The van der Waals surface area contributed by atoms with Gasteiger partial charge in [-0.15, -0.1) is 5.54 Å². The zero-order valence-corrected chi connectivity index (χ0v) is 16.5. The van der Waals surface area contributed by atoms with Crippen LogP contribution in [0, 0.1) is 11.5 Å². The second-order valence-electron chi connectivity index (χ2n) is 7.25. The molecule has 0 bridgehead atoms. The summed E-state index contributed by atoms with van der Waals surface area (Å²) < 4.78 is 117. The van der Waals surface area contributed by atoms with Crippen molar-refractivity contribution in [1.29, 1.82) is 0 Å². The fraction of sp³-hybridized carbons (Fsp3) is 0.765. The topological polar surface area (TPSA) is 0 Å². The van der Waals surface area contributed by atoms with E-state index in [4.69, 9.17) is 0 Å². The molecule has 0 aromatic carbocycles. The Hall–Kier alpha value is -1.11. The average molecular weight is 426 g/mol. The molecule has 0 atom stereocenters. The minimum Gasteiger partial charge on any atom is -0.195 e. The molecule has 0 fully saturated rings. The normalized spacial score (nSPS) is 14.8. The molecule has 10 heteroatoms. The van der Waals surface area contributed by atoms with Gasteiger partial charge in [-0.2, -0.15) is 39.5 Å². The highest BCUT2D eigenvalue weighted by molar-refractivity contribution is 6.83. The number of hydrogen-bond acceptors (Lipinski definition) is 0. The highest BCUT2D eigenvalue weighted by atomic mass is 28.3. The van der Waals surface area contributed by atoms with E-state index in [9.17, 15) is 39.5 Å². The van der Waals surface area contributed by atoms with Gasteiger partial charge in [0.25, 0.3) is 0 Å². The van der Waals surface area contributed by atoms with Crippen LogP contribution in [0.15, 0.2) is 11.6 Å². The molecule has 0 heterocycles. The molecule has 0 spiro atoms. The maximum atomic E-state index is 13.8. The van der Waals surface area contributed by atoms with Crippen LogP contribution in [0.2, 0.25) is 19.6 Å². The molecule has 0 amide bonds. The third-order valence-electron chi connectivity index (χ3n) is 3.42. The Kier molecular flexibility index (Phi) is 8.56. The maximum Gasteiger partial charge on any atom is 0.460 e. The molecule has 0 aliphatic heterocycles. The number of allylic oxidation sites excluding steroid dienone is 2. The van der Waals surface area contributed by atoms with Gasteiger partial charge < -0.3 is 0 Å². The fourth-order valence-electron chi connectivity index (χ4n) is 1.88. The Morgan fingerprint density at radius 1 is 0.815 bits per heavy atom. The predicted octanol–water partition coefficient (Wildman–Crippen LogP) is 7.23. The number of alkyl halides is 9. The second kappa shape index (κ2) is 8.93. The van der Waals surface area contributed by atoms with Gasteiger partial charge >= 0.3 is 23.9 Å². The number of halogens is 9. The Labute approximate surface area is 154 Å². The van der Waals surface area contributed by atoms with Crippen molar-refractivity contribution in [3.63, 3.8) is 0 Å². The number of rotatable bonds is 8. The van der Waals surface area contributed by atoms with Crippen molar-refractivity contribution < 1.29 is 39.5 Å². The SMILES string of the molecule is CCCCCC/C(C#C[Si](C)(C)C)=C/C(F)(F)C(F)(F)C(F)(F)C(F)(F)F. The van der Waals surface area contributed by atoms with Crippen LogP contribution in [-0.4, -0.2) is 32.0 Å². The summed E-state index contributed by atoms with van der Waals surface area (Å²) in [6.45, 7) is 7.08. The molecule has 0 saturated carbocycles. The van der Waals surface area contributed by atoms with Gasteiger partial charge in [-0.3, -0.25) is 0 Å². The molecule has 27 heavy (non-hydrogen) atoms. The van der Waals surface area contributed by atoms with Gasteiger partial charge in [-0.1, -0.05) is 51.7 Å². The van der Waals surface area contributed by atoms with E-state index >= 15 is 0 Å². The molecule has 0 aromatic heterocycles. The molecular formula is C17H23F9Si. The van der Waals surface area contributed by atoms with Gasteiger partial charge in [0.1, 0.15) is 8.07 Å². The first-order valence-electron chi connectivity index (χ1n) is 8.34. The van der Waals surface area contributed by atoms with Crippen LogP contribution in [0.1, 0.15) is 39.0 Å². The first-order chi connectivity index (χ1) is 11.9. The van der Waals surface area contributed by atoms with E-state index in [1.54, 1.807) is 19.6 Å². The average Bonchev–Trinajstić information content (AvgIpc) is 2.46. The van der Waals surface area contributed by atoms with Crippen molar-refractivity contribution in [1.82, 2.24) is 0 Å². The van der Waals surface area contributed by atoms with Gasteiger partial charge in [-0.25, -0.2) is 0 Å². The van der Waals surface area contributed by atoms with Crippen molar-refractivity contribution in [3.8, 4) is 11.5 Å². The zero-order valence-electron chi connectivity index (χ0n) is 15.5. The lowest BCUT2D eigenvalue weighted by molar-refractivity contribution is -0.388. The van der Waals surface area contributed by atoms with Crippen LogP contribution in [-0.2, 0) is 0 Å². The lowest BCUT2D eigenvalue weighted by Crippen LogP contribution is -2.60. The number of unbranched alkanes of at least 4 members (excludes halogenated alkanes) is 3. The molecule has 0 unspecified atom stereocenters. The molecule has 0 saturated heterocycles. The summed E-state index contributed by atoms with van der Waals surface area (Å²) >= 11 is 0. The Morgan fingerprint density at radius 3 is 1.74 bits per heavy atom. The highest BCUT2D eigenvalue weighted by Gasteiger charge is 2.81. The monoisotopic (exact) mass is 426 g/mol. The fourth-order valence-corrected chi connectivity index (χ4v) is 2.41. The van der Waals surface area contributed by atoms with Gasteiger partial charge in [0, 0.05) is 11.6 Å². The molecular weight excluding hydrogens is 403 g/mol. The number of hydrogen-bond donors (Lipinski definition) is 0. The summed E-state index contributed by atoms with van der Waals surface area (Å²) in [5, 5.41) is 0. The Morgan fingerprint density at radius 2 is 1.33 bits per heavy atom. The molecule has 0 N–H and O–H groups in total. The lowest BCUT2D eigenvalue weighted by atomic mass is 9.99. The van der Waals surface area contributed by atoms with Crippen LogP contribution >= 0.6 is 0 Å². The molecule has 0 aliphatic carbocycles. The molecule has 0 radical (unpaired) electrons. The second-order valence-corrected chi connectivity index (χ2v) is 12.0. The van der Waals surface area contributed by atoms with E-state index < -0.39 is 43.7 Å². The summed E-state index contributed by atoms with van der Waals surface area (Å²) in [4.78, 5) is 0. The summed E-state index contributed by atoms with van der Waals surface area (Å²) in [6.07, 6.45) is -5.20. The largest absolute Gasteiger partial charge is 0.460 e. The quantitative estimate of drug-likeness (QED) is 0.166. The summed E-state index contributed by atoms with van der Waals surface area (Å²) in [7, 11) is -2.12. The summed E-state index contributed by atoms with van der Waals surface area (Å²) in [5.41, 5.74) is 2.08. The highest BCUT2D eigenvalue weighted by Crippen LogP contribution is 2.53. The first-order valence-corrected chi connectivity index (χ1v) is 11.8. The van der Waals surface area contributed by atoms with Crippen molar-refractivity contribution in [2.24, 2.45) is 0 Å². The smallest absolute Gasteiger partial charge is 0.195 e. The Bertz CT molecular complexity index is 572. The van der Waals surface area contributed by atoms with E-state index in [1.165, 1.54) is 0 Å². The van der Waals surface area contributed by atoms with Crippen LogP contribution in [0.3, 0.4) is 0 Å². The lowest BCUT2D eigenvalue weighted by Gasteiger charge is -2.32. The van der Waals surface area contributed by atoms with E-state index in [2.05, 4.69) is 11.5 Å². The van der Waals surface area contributed by atoms with Gasteiger partial charge in [0.05, 0.1) is 0 Å². The first kappa shape index (κ1) is 25.9. The third kappa shape index (κ3) is 7.09. The van der Waals surface area contributed by atoms with Gasteiger partial charge in [0.2, 0.25) is 0 Å². The van der Waals surface area contributed by atoms with Crippen molar-refractivity contribution >= 4 is 8.07 Å². The van der Waals surface area contributed by atoms with E-state index in [1.807, 2.05) is 6.92 Å². The van der Waals surface area contributed by atoms with E-state index in [0.29, 0.717) is 6.42 Å². The molecule has 0 aliphatic rings. The van der Waals surface area contributed by atoms with Crippen LogP contribution in [0.5, 0.6) is 0 Å². The predicted molar refractivity (Wildman–Crippen MR) is 88.9 cm³/mol. The van der Waals surface area contributed by atoms with E-state index in [0.717, 1.165) is 12.8 Å². The summed E-state index contributed by atoms with van der Waals surface area (Å²) in [5.74, 6) is -17.0. The van der Waals surface area contributed by atoms with Crippen LogP contribution < -0.4 is 0 Å². The molecule has 0 rings (SSSR count). The molecule has 0 aromatic rings. The van der Waals surface area contributed by atoms with Gasteiger partial charge in [0.15, 0.2) is 0 Å². The van der Waals surface area contributed by atoms with E-state index in [-0.39, 0.29) is 12.8 Å². The van der Waals surface area contributed by atoms with Gasteiger partial charge in [-0.05, 0) is 12.8 Å². The van der Waals surface area contributed by atoms with Crippen molar-refractivity contribution in [2.45, 2.75) is 82.6 Å².